The van der Waals surface area contributed by atoms with Crippen LogP contribution in [0.15, 0.2) is 18.2 Å². The van der Waals surface area contributed by atoms with Gasteiger partial charge in [-0.05, 0) is 30.2 Å². The van der Waals surface area contributed by atoms with Crippen LogP contribution < -0.4 is 0 Å². The zero-order chi connectivity index (χ0) is 12.0. The Bertz CT molecular complexity index is 426. The summed E-state index contributed by atoms with van der Waals surface area (Å²) in [7, 11) is -1.01. The van der Waals surface area contributed by atoms with E-state index in [1.165, 1.54) is 18.2 Å². The Morgan fingerprint density at radius 3 is 2.88 bits per heavy atom. The fourth-order valence-electron chi connectivity index (χ4n) is 1.34. The molecule has 0 bridgehead atoms. The van der Waals surface area contributed by atoms with Gasteiger partial charge < -0.3 is 0 Å². The van der Waals surface area contributed by atoms with Gasteiger partial charge in [0.15, 0.2) is 0 Å². The number of hydrogen-bond acceptors (Lipinski definition) is 2. The van der Waals surface area contributed by atoms with Gasteiger partial charge in [0.2, 0.25) is 0 Å². The Morgan fingerprint density at radius 2 is 2.25 bits per heavy atom. The summed E-state index contributed by atoms with van der Waals surface area (Å²) in [6.45, 7) is 2.03. The van der Waals surface area contributed by atoms with E-state index in [-0.39, 0.29) is 11.6 Å². The van der Waals surface area contributed by atoms with E-state index in [2.05, 4.69) is 0 Å². The van der Waals surface area contributed by atoms with Crippen molar-refractivity contribution in [2.75, 3.05) is 5.75 Å². The number of nitriles is 1. The van der Waals surface area contributed by atoms with Crippen LogP contribution in [-0.2, 0) is 16.6 Å². The van der Waals surface area contributed by atoms with Crippen molar-refractivity contribution in [2.45, 2.75) is 25.5 Å². The largest absolute Gasteiger partial charge is 0.259 e. The molecule has 0 fully saturated rings. The Morgan fingerprint density at radius 1 is 1.50 bits per heavy atom. The lowest BCUT2D eigenvalue weighted by atomic mass is 10.1. The van der Waals surface area contributed by atoms with Crippen molar-refractivity contribution < 1.29 is 8.60 Å². The zero-order valence-corrected chi connectivity index (χ0v) is 10.0. The number of unbranched alkanes of at least 4 members (excludes halogenated alkanes) is 1. The molecule has 0 aromatic heterocycles. The molecule has 0 radical (unpaired) electrons. The van der Waals surface area contributed by atoms with Gasteiger partial charge in [0.05, 0.1) is 11.6 Å². The average molecular weight is 239 g/mol. The van der Waals surface area contributed by atoms with Gasteiger partial charge in [0.25, 0.3) is 0 Å². The fraction of sp³-hybridized carbons (Fsp3) is 0.417. The molecule has 0 heterocycles. The van der Waals surface area contributed by atoms with Crippen LogP contribution in [0.3, 0.4) is 0 Å². The molecule has 1 atom stereocenters. The van der Waals surface area contributed by atoms with E-state index >= 15 is 0 Å². The quantitative estimate of drug-likeness (QED) is 0.792. The van der Waals surface area contributed by atoms with E-state index in [1.54, 1.807) is 0 Å². The molecule has 2 nitrogen and oxygen atoms in total. The third-order valence-corrected chi connectivity index (χ3v) is 3.61. The standard InChI is InChI=1S/C12H14FNOS/c1-2-3-6-16(15)9-11-7-12(13)5-4-10(11)8-14/h4-5,7H,2-3,6,9H2,1H3. The van der Waals surface area contributed by atoms with Crippen molar-refractivity contribution in [3.63, 3.8) is 0 Å². The van der Waals surface area contributed by atoms with Crippen molar-refractivity contribution in [1.29, 1.82) is 5.26 Å². The minimum atomic E-state index is -1.01. The molecule has 0 aliphatic carbocycles. The van der Waals surface area contributed by atoms with E-state index in [4.69, 9.17) is 5.26 Å². The Kier molecular flexibility index (Phi) is 5.13. The van der Waals surface area contributed by atoms with Crippen LogP contribution in [0.5, 0.6) is 0 Å². The van der Waals surface area contributed by atoms with Crippen molar-refractivity contribution in [2.24, 2.45) is 0 Å². The van der Waals surface area contributed by atoms with Gasteiger partial charge in [0, 0.05) is 22.3 Å². The molecule has 1 rings (SSSR count). The van der Waals surface area contributed by atoms with E-state index in [0.29, 0.717) is 16.9 Å². The summed E-state index contributed by atoms with van der Waals surface area (Å²) in [4.78, 5) is 0. The maximum absolute atomic E-state index is 13.0. The minimum absolute atomic E-state index is 0.265. The van der Waals surface area contributed by atoms with Gasteiger partial charge in [-0.25, -0.2) is 4.39 Å². The van der Waals surface area contributed by atoms with Crippen LogP contribution in [0.25, 0.3) is 0 Å². The number of rotatable bonds is 5. The first-order valence-corrected chi connectivity index (χ1v) is 6.69. The average Bonchev–Trinajstić information content (AvgIpc) is 2.27. The molecule has 16 heavy (non-hydrogen) atoms. The monoisotopic (exact) mass is 239 g/mol. The SMILES string of the molecule is CCCCS(=O)Cc1cc(F)ccc1C#N. The van der Waals surface area contributed by atoms with Crippen molar-refractivity contribution in [3.8, 4) is 6.07 Å². The van der Waals surface area contributed by atoms with Gasteiger partial charge in [-0.3, -0.25) is 4.21 Å². The maximum atomic E-state index is 13.0. The van der Waals surface area contributed by atoms with Gasteiger partial charge in [-0.15, -0.1) is 0 Å². The van der Waals surface area contributed by atoms with Crippen LogP contribution in [0, 0.1) is 17.1 Å². The molecule has 86 valence electrons. The summed E-state index contributed by atoms with van der Waals surface area (Å²) >= 11 is 0. The summed E-state index contributed by atoms with van der Waals surface area (Å²) in [5, 5.41) is 8.83. The Hall–Kier alpha value is -1.21. The van der Waals surface area contributed by atoms with Crippen molar-refractivity contribution >= 4 is 10.8 Å². The molecule has 0 saturated heterocycles. The number of halogens is 1. The highest BCUT2D eigenvalue weighted by molar-refractivity contribution is 7.84. The second kappa shape index (κ2) is 6.39. The molecule has 0 amide bonds. The van der Waals surface area contributed by atoms with E-state index in [9.17, 15) is 8.60 Å². The van der Waals surface area contributed by atoms with Crippen LogP contribution in [0.1, 0.15) is 30.9 Å². The van der Waals surface area contributed by atoms with Gasteiger partial charge in [-0.1, -0.05) is 13.3 Å². The molecule has 1 aromatic carbocycles. The molecule has 1 aromatic rings. The number of benzene rings is 1. The van der Waals surface area contributed by atoms with Crippen LogP contribution >= 0.6 is 0 Å². The predicted molar refractivity (Wildman–Crippen MR) is 62.7 cm³/mol. The second-order valence-corrected chi connectivity index (χ2v) is 5.13. The van der Waals surface area contributed by atoms with Gasteiger partial charge in [-0.2, -0.15) is 5.26 Å². The minimum Gasteiger partial charge on any atom is -0.259 e. The highest BCUT2D eigenvalue weighted by atomic mass is 32.2. The molecular weight excluding hydrogens is 225 g/mol. The summed E-state index contributed by atoms with van der Waals surface area (Å²) < 4.78 is 24.6. The smallest absolute Gasteiger partial charge is 0.123 e. The Balaban J connectivity index is 2.76. The van der Waals surface area contributed by atoms with Gasteiger partial charge >= 0.3 is 0 Å². The molecule has 0 aliphatic heterocycles. The fourth-order valence-corrected chi connectivity index (χ4v) is 2.68. The van der Waals surface area contributed by atoms with Gasteiger partial charge in [0.1, 0.15) is 5.82 Å². The summed E-state index contributed by atoms with van der Waals surface area (Å²) in [5.74, 6) is 0.486. The third kappa shape index (κ3) is 3.74. The Labute approximate surface area is 97.6 Å². The molecule has 0 N–H and O–H groups in total. The van der Waals surface area contributed by atoms with E-state index in [0.717, 1.165) is 12.8 Å². The molecular formula is C12H14FNOS. The summed E-state index contributed by atoms with van der Waals surface area (Å²) in [6, 6.07) is 5.96. The van der Waals surface area contributed by atoms with Crippen molar-refractivity contribution in [3.05, 3.63) is 35.1 Å². The lowest BCUT2D eigenvalue weighted by Crippen LogP contribution is -2.03. The summed E-state index contributed by atoms with van der Waals surface area (Å²) in [6.07, 6.45) is 1.88. The van der Waals surface area contributed by atoms with Crippen LogP contribution in [0.4, 0.5) is 4.39 Å². The van der Waals surface area contributed by atoms with E-state index in [1.807, 2.05) is 13.0 Å². The van der Waals surface area contributed by atoms with E-state index < -0.39 is 10.8 Å². The first-order chi connectivity index (χ1) is 7.67. The lowest BCUT2D eigenvalue weighted by molar-refractivity contribution is 0.626. The van der Waals surface area contributed by atoms with Crippen molar-refractivity contribution in [1.82, 2.24) is 0 Å². The lowest BCUT2D eigenvalue weighted by Gasteiger charge is -2.04. The molecule has 1 unspecified atom stereocenters. The summed E-state index contributed by atoms with van der Waals surface area (Å²) in [5.41, 5.74) is 0.947. The highest BCUT2D eigenvalue weighted by Gasteiger charge is 2.07. The first kappa shape index (κ1) is 12.9. The molecule has 4 heteroatoms. The predicted octanol–water partition coefficient (Wildman–Crippen LogP) is 2.75. The zero-order valence-electron chi connectivity index (χ0n) is 9.20. The van der Waals surface area contributed by atoms with Crippen LogP contribution in [0.2, 0.25) is 0 Å². The topological polar surface area (TPSA) is 40.9 Å². The maximum Gasteiger partial charge on any atom is 0.123 e. The third-order valence-electron chi connectivity index (χ3n) is 2.23. The second-order valence-electron chi connectivity index (χ2n) is 3.56. The number of nitrogens with zero attached hydrogens (tertiary/aromatic N) is 1. The number of hydrogen-bond donors (Lipinski definition) is 0. The molecule has 0 saturated carbocycles. The van der Waals surface area contributed by atoms with Crippen LogP contribution in [-0.4, -0.2) is 9.96 Å². The molecule has 0 spiro atoms. The normalized spacial score (nSPS) is 12.1. The highest BCUT2D eigenvalue weighted by Crippen LogP contribution is 2.13. The first-order valence-electron chi connectivity index (χ1n) is 5.21. The molecule has 0 aliphatic rings.